The number of hydrogen-bond acceptors (Lipinski definition) is 14. The van der Waals surface area contributed by atoms with Gasteiger partial charge in [0.05, 0.1) is 12.6 Å². The summed E-state index contributed by atoms with van der Waals surface area (Å²) in [5.74, 6) is -2.77. The quantitative estimate of drug-likeness (QED) is 0.192. The molecule has 1 N–H and O–H groups in total. The van der Waals surface area contributed by atoms with Crippen LogP contribution in [0.15, 0.2) is 43.0 Å². The molecule has 4 rings (SSSR count). The van der Waals surface area contributed by atoms with Crippen LogP contribution in [-0.4, -0.2) is 89.0 Å². The summed E-state index contributed by atoms with van der Waals surface area (Å²) in [6.45, 7) is 1.99. The predicted octanol–water partition coefficient (Wildman–Crippen LogP) is 0.749. The van der Waals surface area contributed by atoms with Crippen LogP contribution in [0.2, 0.25) is 0 Å². The maximum atomic E-state index is 12.8. The first-order valence-electron chi connectivity index (χ1n) is 12.3. The Hall–Kier alpha value is -4.48. The lowest BCUT2D eigenvalue weighted by Gasteiger charge is -2.32. The van der Waals surface area contributed by atoms with Gasteiger partial charge in [0.25, 0.3) is 16.0 Å². The third-order valence-corrected chi connectivity index (χ3v) is 6.53. The molecule has 2 aromatic heterocycles. The Morgan fingerprint density at radius 3 is 2.19 bits per heavy atom. The average Bonchev–Trinajstić information content (AvgIpc) is 3.46. The van der Waals surface area contributed by atoms with E-state index in [1.807, 2.05) is 0 Å². The van der Waals surface area contributed by atoms with Crippen LogP contribution in [0.5, 0.6) is 0 Å². The number of benzene rings is 1. The average molecular weight is 606 g/mol. The van der Waals surface area contributed by atoms with E-state index in [4.69, 9.17) is 23.1 Å². The fraction of sp³-hybridized carbons (Fsp3) is 0.400. The molecule has 16 nitrogen and oxygen atoms in total. The zero-order chi connectivity index (χ0) is 30.7. The molecular weight excluding hydrogens is 578 g/mol. The van der Waals surface area contributed by atoms with Crippen molar-refractivity contribution in [3.8, 4) is 0 Å². The molecule has 42 heavy (non-hydrogen) atoms. The number of aromatic nitrogens is 4. The molecule has 1 saturated heterocycles. The van der Waals surface area contributed by atoms with Crippen molar-refractivity contribution >= 4 is 50.9 Å². The lowest BCUT2D eigenvalue weighted by Crippen LogP contribution is -2.53. The molecule has 0 radical (unpaired) electrons. The second-order valence-corrected chi connectivity index (χ2v) is 10.9. The van der Waals surface area contributed by atoms with Gasteiger partial charge in [0.15, 0.2) is 41.0 Å². The van der Waals surface area contributed by atoms with Crippen LogP contribution in [0.4, 0.5) is 5.82 Å². The molecule has 1 amide bonds. The highest BCUT2D eigenvalue weighted by Crippen LogP contribution is 2.43. The van der Waals surface area contributed by atoms with Gasteiger partial charge in [-0.15, -0.1) is 0 Å². The highest BCUT2D eigenvalue weighted by atomic mass is 32.2. The molecule has 0 aliphatic carbocycles. The first-order valence-corrected chi connectivity index (χ1v) is 14.2. The number of ether oxygens (including phenoxy) is 4. The van der Waals surface area contributed by atoms with Crippen molar-refractivity contribution in [1.29, 1.82) is 0 Å². The van der Waals surface area contributed by atoms with E-state index in [1.54, 1.807) is 30.3 Å². The summed E-state index contributed by atoms with van der Waals surface area (Å²) in [4.78, 5) is 61.1. The second-order valence-electron chi connectivity index (χ2n) is 9.30. The number of rotatable bonds is 10. The van der Waals surface area contributed by atoms with Gasteiger partial charge in [-0.1, -0.05) is 18.2 Å². The second kappa shape index (κ2) is 12.2. The van der Waals surface area contributed by atoms with Gasteiger partial charge >= 0.3 is 17.9 Å². The number of carbonyl (C=O) groups excluding carboxylic acids is 4. The number of anilines is 1. The van der Waals surface area contributed by atoms with E-state index in [-0.39, 0.29) is 17.0 Å². The number of nitrogens with one attached hydrogen (secondary N) is 1. The van der Waals surface area contributed by atoms with E-state index in [9.17, 15) is 27.6 Å². The molecule has 0 spiro atoms. The maximum Gasteiger partial charge on any atom is 0.303 e. The summed E-state index contributed by atoms with van der Waals surface area (Å²) in [7, 11) is -4.26. The van der Waals surface area contributed by atoms with Gasteiger partial charge in [0, 0.05) is 26.3 Å². The summed E-state index contributed by atoms with van der Waals surface area (Å²) >= 11 is 0. The zero-order valence-electron chi connectivity index (χ0n) is 22.9. The number of carbonyl (C=O) groups is 4. The maximum absolute atomic E-state index is 12.8. The van der Waals surface area contributed by atoms with Crippen LogP contribution in [0.1, 0.15) is 37.4 Å². The van der Waals surface area contributed by atoms with E-state index >= 15 is 0 Å². The number of nitrogens with zero attached hydrogens (tertiary/aromatic N) is 4. The molecule has 1 fully saturated rings. The molecule has 0 bridgehead atoms. The minimum atomic E-state index is -4.26. The Labute approximate surface area is 239 Å². The topological polar surface area (TPSA) is 204 Å². The zero-order valence-corrected chi connectivity index (χ0v) is 23.7. The third-order valence-electron chi connectivity index (χ3n) is 5.97. The molecular formula is C25H27N5O11S. The Kier molecular flexibility index (Phi) is 8.83. The van der Waals surface area contributed by atoms with Crippen LogP contribution in [0.3, 0.4) is 0 Å². The SMILES string of the molecule is CC(=O)OCC1(COC(C)=O)O[C@@H](n2cnc3c(NC(=O)c4ccccc4)ncnc32)[C@H](OC(C)=O)[C@H]1OS(C)(=O)=O. The number of esters is 3. The van der Waals surface area contributed by atoms with E-state index in [0.29, 0.717) is 5.56 Å². The Morgan fingerprint density at radius 1 is 0.976 bits per heavy atom. The van der Waals surface area contributed by atoms with Gasteiger partial charge in [-0.25, -0.2) is 15.0 Å². The van der Waals surface area contributed by atoms with Gasteiger partial charge in [-0.2, -0.15) is 8.42 Å². The van der Waals surface area contributed by atoms with Gasteiger partial charge in [-0.3, -0.25) is 27.9 Å². The standard InChI is InChI=1S/C25H27N5O11S/c1-14(31)37-10-25(11-38-15(2)32)20(41-42(4,35)36)19(39-16(3)33)24(40-25)30-13-28-18-21(26-12-27-22(18)30)29-23(34)17-8-6-5-7-9-17/h5-9,12-13,19-20,24H,10-11H2,1-4H3,(H,26,27,29,34)/t19-,20-,24-/m1/s1. The summed E-state index contributed by atoms with van der Waals surface area (Å²) in [5.41, 5.74) is -1.41. The molecule has 1 aromatic carbocycles. The minimum absolute atomic E-state index is 0.0460. The molecule has 224 valence electrons. The summed E-state index contributed by atoms with van der Waals surface area (Å²) in [6, 6.07) is 8.36. The van der Waals surface area contributed by atoms with E-state index in [1.165, 1.54) is 10.9 Å². The van der Waals surface area contributed by atoms with Gasteiger partial charge in [0.1, 0.15) is 19.5 Å². The van der Waals surface area contributed by atoms with Crippen molar-refractivity contribution in [2.24, 2.45) is 0 Å². The van der Waals surface area contributed by atoms with E-state index in [0.717, 1.165) is 33.4 Å². The third kappa shape index (κ3) is 6.87. The number of fused-ring (bicyclic) bond motifs is 1. The lowest BCUT2D eigenvalue weighted by molar-refractivity contribution is -0.181. The highest BCUT2D eigenvalue weighted by molar-refractivity contribution is 7.86. The fourth-order valence-corrected chi connectivity index (χ4v) is 4.96. The molecule has 3 atom stereocenters. The van der Waals surface area contributed by atoms with Crippen molar-refractivity contribution < 1.29 is 50.7 Å². The summed E-state index contributed by atoms with van der Waals surface area (Å²) in [5, 5.41) is 2.66. The summed E-state index contributed by atoms with van der Waals surface area (Å²) in [6.07, 6.45) is -1.44. The van der Waals surface area contributed by atoms with Crippen molar-refractivity contribution in [3.05, 3.63) is 48.5 Å². The molecule has 17 heteroatoms. The van der Waals surface area contributed by atoms with Crippen molar-refractivity contribution in [2.75, 3.05) is 24.8 Å². The smallest absolute Gasteiger partial charge is 0.303 e. The minimum Gasteiger partial charge on any atom is -0.463 e. The monoisotopic (exact) mass is 605 g/mol. The Bertz CT molecular complexity index is 1590. The molecule has 1 aliphatic rings. The first-order chi connectivity index (χ1) is 19.8. The molecule has 1 aliphatic heterocycles. The number of imidazole rings is 1. The van der Waals surface area contributed by atoms with Crippen LogP contribution >= 0.6 is 0 Å². The predicted molar refractivity (Wildman–Crippen MR) is 141 cm³/mol. The van der Waals surface area contributed by atoms with Gasteiger partial charge < -0.3 is 24.3 Å². The molecule has 3 aromatic rings. The van der Waals surface area contributed by atoms with Crippen molar-refractivity contribution in [1.82, 2.24) is 19.5 Å². The molecule has 0 unspecified atom stereocenters. The number of amides is 1. The summed E-state index contributed by atoms with van der Waals surface area (Å²) < 4.78 is 53.3. The van der Waals surface area contributed by atoms with Crippen molar-refractivity contribution in [3.63, 3.8) is 0 Å². The lowest BCUT2D eigenvalue weighted by atomic mass is 9.96. The van der Waals surface area contributed by atoms with E-state index in [2.05, 4.69) is 20.3 Å². The highest BCUT2D eigenvalue weighted by Gasteiger charge is 2.61. The normalized spacial score (nSPS) is 19.7. The van der Waals surface area contributed by atoms with Crippen LogP contribution in [0.25, 0.3) is 11.2 Å². The van der Waals surface area contributed by atoms with Crippen molar-refractivity contribution in [2.45, 2.75) is 44.8 Å². The van der Waals surface area contributed by atoms with Crippen LogP contribution in [-0.2, 0) is 47.6 Å². The van der Waals surface area contributed by atoms with Gasteiger partial charge in [-0.05, 0) is 12.1 Å². The largest absolute Gasteiger partial charge is 0.463 e. The first kappa shape index (κ1) is 30.5. The Balaban J connectivity index is 1.81. The van der Waals surface area contributed by atoms with Crippen LogP contribution in [0, 0.1) is 0 Å². The number of hydrogen-bond donors (Lipinski definition) is 1. The van der Waals surface area contributed by atoms with Crippen LogP contribution < -0.4 is 5.32 Å². The van der Waals surface area contributed by atoms with Gasteiger partial charge in [0.2, 0.25) is 0 Å². The molecule has 3 heterocycles. The fourth-order valence-electron chi connectivity index (χ4n) is 4.30. The molecule has 0 saturated carbocycles. The van der Waals surface area contributed by atoms with E-state index < -0.39 is 71.2 Å². The Morgan fingerprint density at radius 2 is 1.62 bits per heavy atom.